The molecule has 2 atom stereocenters. The zero-order valence-electron chi connectivity index (χ0n) is 11.1. The summed E-state index contributed by atoms with van der Waals surface area (Å²) in [5.74, 6) is 1.59. The number of thioether (sulfide) groups is 1. The van der Waals surface area contributed by atoms with Crippen molar-refractivity contribution < 1.29 is 9.53 Å². The number of nitrogens with two attached hydrogens (primary N) is 1. The molecule has 5 heteroatoms. The van der Waals surface area contributed by atoms with E-state index in [1.165, 1.54) is 6.42 Å². The van der Waals surface area contributed by atoms with Gasteiger partial charge in [0.05, 0.1) is 13.0 Å². The Hall–Kier alpha value is -1.36. The lowest BCUT2D eigenvalue weighted by Crippen LogP contribution is -2.18. The Bertz CT molecular complexity index is 422. The first-order chi connectivity index (χ1) is 9.13. The van der Waals surface area contributed by atoms with E-state index in [9.17, 15) is 4.79 Å². The fraction of sp³-hybridized carbons (Fsp3) is 0.500. The number of carbonyl (C=O) groups is 1. The van der Waals surface area contributed by atoms with Crippen molar-refractivity contribution in [3.05, 3.63) is 24.3 Å². The molecule has 0 bridgehead atoms. The van der Waals surface area contributed by atoms with Gasteiger partial charge >= 0.3 is 0 Å². The summed E-state index contributed by atoms with van der Waals surface area (Å²) in [5.41, 5.74) is 6.17. The predicted octanol–water partition coefficient (Wildman–Crippen LogP) is 2.25. The second-order valence-corrected chi connectivity index (χ2v) is 6.28. The van der Waals surface area contributed by atoms with Gasteiger partial charge in [0.2, 0.25) is 5.91 Å². The molecule has 2 rings (SSSR count). The third kappa shape index (κ3) is 4.67. The molecular weight excluding hydrogens is 260 g/mol. The Morgan fingerprint density at radius 1 is 1.47 bits per heavy atom. The molecule has 1 aromatic rings. The number of primary amides is 1. The molecule has 1 aliphatic rings. The number of nitrogens with one attached hydrogen (secondary N) is 1. The van der Waals surface area contributed by atoms with Crippen molar-refractivity contribution >= 4 is 23.4 Å². The number of hydrogen-bond acceptors (Lipinski definition) is 4. The van der Waals surface area contributed by atoms with Crippen LogP contribution in [0.25, 0.3) is 0 Å². The van der Waals surface area contributed by atoms with Crippen LogP contribution in [-0.2, 0) is 4.79 Å². The summed E-state index contributed by atoms with van der Waals surface area (Å²) in [6, 6.07) is 8.39. The number of rotatable bonds is 6. The fourth-order valence-corrected chi connectivity index (χ4v) is 3.22. The molecule has 1 heterocycles. The average molecular weight is 280 g/mol. The Morgan fingerprint density at radius 3 is 2.79 bits per heavy atom. The van der Waals surface area contributed by atoms with Crippen molar-refractivity contribution in [2.75, 3.05) is 17.7 Å². The summed E-state index contributed by atoms with van der Waals surface area (Å²) in [7, 11) is 0. The van der Waals surface area contributed by atoms with Crippen molar-refractivity contribution in [1.82, 2.24) is 0 Å². The first-order valence-electron chi connectivity index (χ1n) is 6.53. The molecule has 0 spiro atoms. The molecule has 4 nitrogen and oxygen atoms in total. The second kappa shape index (κ2) is 6.70. The monoisotopic (exact) mass is 280 g/mol. The number of ether oxygens (including phenoxy) is 1. The molecule has 1 amide bonds. The van der Waals surface area contributed by atoms with Gasteiger partial charge < -0.3 is 15.8 Å². The molecule has 1 fully saturated rings. The van der Waals surface area contributed by atoms with Crippen LogP contribution >= 0.6 is 11.8 Å². The van der Waals surface area contributed by atoms with Crippen molar-refractivity contribution in [2.24, 2.45) is 5.73 Å². The number of anilines is 1. The molecule has 104 valence electrons. The summed E-state index contributed by atoms with van der Waals surface area (Å²) < 4.78 is 5.43. The molecule has 0 aromatic heterocycles. The molecule has 1 aliphatic heterocycles. The van der Waals surface area contributed by atoms with Crippen LogP contribution in [0, 0.1) is 0 Å². The lowest BCUT2D eigenvalue weighted by atomic mass is 10.2. The maximum absolute atomic E-state index is 10.6. The summed E-state index contributed by atoms with van der Waals surface area (Å²) in [6.45, 7) is 2.60. The molecule has 3 N–H and O–H groups in total. The Labute approximate surface area is 118 Å². The topological polar surface area (TPSA) is 64.3 Å². The number of benzene rings is 1. The highest BCUT2D eigenvalue weighted by atomic mass is 32.2. The molecule has 1 aromatic carbocycles. The average Bonchev–Trinajstić information content (AvgIpc) is 2.77. The minimum atomic E-state index is -0.342. The van der Waals surface area contributed by atoms with E-state index in [2.05, 4.69) is 12.2 Å². The van der Waals surface area contributed by atoms with Crippen LogP contribution in [0.3, 0.4) is 0 Å². The van der Waals surface area contributed by atoms with Crippen LogP contribution in [0.4, 0.5) is 5.69 Å². The van der Waals surface area contributed by atoms with Crippen LogP contribution in [0.15, 0.2) is 24.3 Å². The van der Waals surface area contributed by atoms with Gasteiger partial charge in [-0.3, -0.25) is 4.79 Å². The van der Waals surface area contributed by atoms with Crippen LogP contribution in [-0.4, -0.2) is 29.6 Å². The van der Waals surface area contributed by atoms with E-state index in [1.54, 1.807) is 0 Å². The summed E-state index contributed by atoms with van der Waals surface area (Å²) in [4.78, 5) is 10.6. The Morgan fingerprint density at radius 2 is 2.21 bits per heavy atom. The van der Waals surface area contributed by atoms with E-state index in [-0.39, 0.29) is 12.3 Å². The van der Waals surface area contributed by atoms with Gasteiger partial charge in [0.1, 0.15) is 5.75 Å². The van der Waals surface area contributed by atoms with Gasteiger partial charge in [0.15, 0.2) is 0 Å². The molecule has 0 saturated carbocycles. The first-order valence-corrected chi connectivity index (χ1v) is 7.57. The Kier molecular flexibility index (Phi) is 4.96. The van der Waals surface area contributed by atoms with Gasteiger partial charge in [0.25, 0.3) is 0 Å². The standard InChI is InChI=1S/C14H20N2O2S/c1-10-8-12(9-19-10)16-11-2-4-13(5-3-11)18-7-6-14(15)17/h2-5,10,12,16H,6-9H2,1H3,(H2,15,17). The van der Waals surface area contributed by atoms with Crippen molar-refractivity contribution in [3.63, 3.8) is 0 Å². The molecular formula is C14H20N2O2S. The summed E-state index contributed by atoms with van der Waals surface area (Å²) >= 11 is 2.01. The van der Waals surface area contributed by atoms with Crippen molar-refractivity contribution in [3.8, 4) is 5.75 Å². The number of carbonyl (C=O) groups excluding carboxylic acids is 1. The van der Waals surface area contributed by atoms with Gasteiger partial charge in [-0.05, 0) is 30.7 Å². The van der Waals surface area contributed by atoms with Crippen LogP contribution < -0.4 is 15.8 Å². The van der Waals surface area contributed by atoms with Gasteiger partial charge in [0, 0.05) is 22.7 Å². The lowest BCUT2D eigenvalue weighted by molar-refractivity contribution is -0.118. The maximum atomic E-state index is 10.6. The molecule has 0 aliphatic carbocycles. The minimum absolute atomic E-state index is 0.247. The van der Waals surface area contributed by atoms with Crippen LogP contribution in [0.1, 0.15) is 19.8 Å². The molecule has 1 saturated heterocycles. The van der Waals surface area contributed by atoms with Gasteiger partial charge in [-0.25, -0.2) is 0 Å². The molecule has 2 unspecified atom stereocenters. The fourth-order valence-electron chi connectivity index (χ4n) is 2.07. The lowest BCUT2D eigenvalue weighted by Gasteiger charge is -2.13. The van der Waals surface area contributed by atoms with Gasteiger partial charge in [-0.15, -0.1) is 0 Å². The van der Waals surface area contributed by atoms with Crippen molar-refractivity contribution in [2.45, 2.75) is 31.1 Å². The maximum Gasteiger partial charge on any atom is 0.220 e. The van der Waals surface area contributed by atoms with Crippen molar-refractivity contribution in [1.29, 1.82) is 0 Å². The minimum Gasteiger partial charge on any atom is -0.493 e. The highest BCUT2D eigenvalue weighted by Crippen LogP contribution is 2.28. The van der Waals surface area contributed by atoms with Crippen LogP contribution in [0.2, 0.25) is 0 Å². The van der Waals surface area contributed by atoms with Crippen LogP contribution in [0.5, 0.6) is 5.75 Å². The SMILES string of the molecule is CC1CC(Nc2ccc(OCCC(N)=O)cc2)CS1. The van der Waals surface area contributed by atoms with Gasteiger partial charge in [-0.2, -0.15) is 11.8 Å². The predicted molar refractivity (Wildman–Crippen MR) is 79.7 cm³/mol. The van der Waals surface area contributed by atoms with E-state index in [0.717, 1.165) is 22.4 Å². The van der Waals surface area contributed by atoms with E-state index in [0.29, 0.717) is 12.6 Å². The third-order valence-electron chi connectivity index (χ3n) is 3.04. The zero-order chi connectivity index (χ0) is 13.7. The summed E-state index contributed by atoms with van der Waals surface area (Å²) in [6.07, 6.45) is 1.46. The normalized spacial score (nSPS) is 22.2. The van der Waals surface area contributed by atoms with E-state index < -0.39 is 0 Å². The quantitative estimate of drug-likeness (QED) is 0.839. The first kappa shape index (κ1) is 14.1. The third-order valence-corrected chi connectivity index (χ3v) is 4.40. The summed E-state index contributed by atoms with van der Waals surface area (Å²) in [5, 5.41) is 4.27. The smallest absolute Gasteiger partial charge is 0.220 e. The van der Waals surface area contributed by atoms with E-state index in [4.69, 9.17) is 10.5 Å². The largest absolute Gasteiger partial charge is 0.493 e. The highest BCUT2D eigenvalue weighted by Gasteiger charge is 2.21. The van der Waals surface area contributed by atoms with Gasteiger partial charge in [-0.1, -0.05) is 6.92 Å². The number of amides is 1. The molecule has 0 radical (unpaired) electrons. The Balaban J connectivity index is 1.79. The zero-order valence-corrected chi connectivity index (χ0v) is 11.9. The van der Waals surface area contributed by atoms with E-state index in [1.807, 2.05) is 36.0 Å². The molecule has 19 heavy (non-hydrogen) atoms. The second-order valence-electron chi connectivity index (χ2n) is 4.81. The number of hydrogen-bond donors (Lipinski definition) is 2. The van der Waals surface area contributed by atoms with E-state index >= 15 is 0 Å². The highest BCUT2D eigenvalue weighted by molar-refractivity contribution is 8.00.